The van der Waals surface area contributed by atoms with E-state index >= 15 is 0 Å². The van der Waals surface area contributed by atoms with E-state index in [0.717, 1.165) is 6.07 Å². The number of anilines is 1. The molecular weight excluding hydrogens is 344 g/mol. The Bertz CT molecular complexity index is 922. The van der Waals surface area contributed by atoms with Crippen molar-refractivity contribution in [1.82, 2.24) is 5.32 Å². The zero-order valence-electron chi connectivity index (χ0n) is 13.7. The van der Waals surface area contributed by atoms with Crippen LogP contribution in [-0.2, 0) is 21.2 Å². The molecule has 25 heavy (non-hydrogen) atoms. The van der Waals surface area contributed by atoms with Gasteiger partial charge < -0.3 is 10.4 Å². The lowest BCUT2D eigenvalue weighted by Gasteiger charge is -2.14. The molecule has 2 aromatic rings. The van der Waals surface area contributed by atoms with Crippen molar-refractivity contribution in [2.45, 2.75) is 18.2 Å². The molecule has 0 saturated heterocycles. The second kappa shape index (κ2) is 7.35. The summed E-state index contributed by atoms with van der Waals surface area (Å²) in [5.41, 5.74) is 1.08. The number of carboxylic acids is 1. The Morgan fingerprint density at radius 3 is 2.44 bits per heavy atom. The molecule has 0 aliphatic heterocycles. The predicted octanol–water partition coefficient (Wildman–Crippen LogP) is 1.78. The number of aryl methyl sites for hydroxylation is 1. The second-order valence-electron chi connectivity index (χ2n) is 5.40. The van der Waals surface area contributed by atoms with Gasteiger partial charge in [0, 0.05) is 7.05 Å². The molecule has 0 fully saturated rings. The molecule has 132 valence electrons. The number of aromatic carboxylic acids is 1. The van der Waals surface area contributed by atoms with Gasteiger partial charge in [0.2, 0.25) is 5.91 Å². The van der Waals surface area contributed by atoms with E-state index in [4.69, 9.17) is 5.11 Å². The lowest BCUT2D eigenvalue weighted by atomic mass is 10.1. The first-order chi connectivity index (χ1) is 11.7. The summed E-state index contributed by atoms with van der Waals surface area (Å²) in [6, 6.07) is 10.4. The highest BCUT2D eigenvalue weighted by atomic mass is 32.2. The van der Waals surface area contributed by atoms with Gasteiger partial charge >= 0.3 is 5.97 Å². The van der Waals surface area contributed by atoms with E-state index in [-0.39, 0.29) is 28.5 Å². The fraction of sp³-hybridized carbons (Fsp3) is 0.176. The van der Waals surface area contributed by atoms with Crippen LogP contribution in [0.4, 0.5) is 5.69 Å². The average Bonchev–Trinajstić information content (AvgIpc) is 2.56. The van der Waals surface area contributed by atoms with E-state index in [1.807, 2.05) is 0 Å². The molecule has 8 heteroatoms. The summed E-state index contributed by atoms with van der Waals surface area (Å²) in [6.45, 7) is 1.58. The highest BCUT2D eigenvalue weighted by Crippen LogP contribution is 2.23. The molecule has 0 bridgehead atoms. The van der Waals surface area contributed by atoms with Crippen LogP contribution in [0.5, 0.6) is 0 Å². The molecule has 3 N–H and O–H groups in total. The van der Waals surface area contributed by atoms with Gasteiger partial charge in [-0.1, -0.05) is 24.3 Å². The van der Waals surface area contributed by atoms with Crippen molar-refractivity contribution in [3.63, 3.8) is 0 Å². The summed E-state index contributed by atoms with van der Waals surface area (Å²) in [5, 5.41) is 11.5. The molecule has 0 spiro atoms. The van der Waals surface area contributed by atoms with E-state index < -0.39 is 16.0 Å². The number of para-hydroxylation sites is 1. The van der Waals surface area contributed by atoms with E-state index in [1.165, 1.54) is 19.2 Å². The Hall–Kier alpha value is -2.87. The molecule has 7 nitrogen and oxygen atoms in total. The van der Waals surface area contributed by atoms with Crippen LogP contribution in [-0.4, -0.2) is 32.4 Å². The third-order valence-corrected chi connectivity index (χ3v) is 5.12. The van der Waals surface area contributed by atoms with Gasteiger partial charge in [-0.15, -0.1) is 0 Å². The maximum absolute atomic E-state index is 12.7. The number of amides is 1. The van der Waals surface area contributed by atoms with Crippen LogP contribution in [0.25, 0.3) is 0 Å². The van der Waals surface area contributed by atoms with Crippen LogP contribution < -0.4 is 10.0 Å². The van der Waals surface area contributed by atoms with Crippen LogP contribution in [0.2, 0.25) is 0 Å². The van der Waals surface area contributed by atoms with Crippen molar-refractivity contribution >= 4 is 27.6 Å². The summed E-state index contributed by atoms with van der Waals surface area (Å²) in [7, 11) is -2.51. The first-order valence-corrected chi connectivity index (χ1v) is 8.88. The minimum Gasteiger partial charge on any atom is -0.478 e. The number of carbonyl (C=O) groups excluding carboxylic acids is 1. The topological polar surface area (TPSA) is 113 Å². The van der Waals surface area contributed by atoms with Crippen LogP contribution in [0.1, 0.15) is 21.5 Å². The molecule has 0 radical (unpaired) electrons. The molecule has 0 aliphatic rings. The molecule has 0 atom stereocenters. The largest absolute Gasteiger partial charge is 0.478 e. The van der Waals surface area contributed by atoms with Crippen LogP contribution in [0, 0.1) is 6.92 Å². The Kier molecular flexibility index (Phi) is 5.43. The minimum absolute atomic E-state index is 0.0172. The minimum atomic E-state index is -4.01. The van der Waals surface area contributed by atoms with Gasteiger partial charge in [-0.05, 0) is 36.2 Å². The number of nitrogens with one attached hydrogen (secondary N) is 2. The van der Waals surface area contributed by atoms with Gasteiger partial charge in [-0.3, -0.25) is 9.52 Å². The SMILES string of the molecule is CNC(=O)Cc1ccccc1NS(=O)(=O)c1cc(C(=O)O)ccc1C. The Balaban J connectivity index is 2.42. The summed E-state index contributed by atoms with van der Waals surface area (Å²) >= 11 is 0. The van der Waals surface area contributed by atoms with Crippen molar-refractivity contribution in [2.24, 2.45) is 0 Å². The van der Waals surface area contributed by atoms with Gasteiger partial charge in [0.25, 0.3) is 10.0 Å². The maximum Gasteiger partial charge on any atom is 0.335 e. The van der Waals surface area contributed by atoms with E-state index in [2.05, 4.69) is 10.0 Å². The number of likely N-dealkylation sites (N-methyl/N-ethyl adjacent to an activating group) is 1. The summed E-state index contributed by atoms with van der Waals surface area (Å²) in [4.78, 5) is 22.6. The van der Waals surface area contributed by atoms with Crippen molar-refractivity contribution in [3.8, 4) is 0 Å². The molecule has 0 heterocycles. The Labute approximate surface area is 145 Å². The van der Waals surface area contributed by atoms with Crippen LogP contribution in [0.3, 0.4) is 0 Å². The number of rotatable bonds is 6. The molecule has 1 amide bonds. The van der Waals surface area contributed by atoms with Crippen molar-refractivity contribution < 1.29 is 23.1 Å². The third kappa shape index (κ3) is 4.36. The van der Waals surface area contributed by atoms with E-state index in [1.54, 1.807) is 31.2 Å². The Morgan fingerprint density at radius 1 is 1.12 bits per heavy atom. The summed E-state index contributed by atoms with van der Waals surface area (Å²) in [6.07, 6.45) is 0.0172. The molecule has 0 unspecified atom stereocenters. The van der Waals surface area contributed by atoms with Gasteiger partial charge in [0.15, 0.2) is 0 Å². The monoisotopic (exact) mass is 362 g/mol. The van der Waals surface area contributed by atoms with E-state index in [0.29, 0.717) is 11.1 Å². The van der Waals surface area contributed by atoms with Gasteiger partial charge in [-0.2, -0.15) is 0 Å². The molecule has 0 saturated carbocycles. The van der Waals surface area contributed by atoms with Gasteiger partial charge in [0.1, 0.15) is 0 Å². The molecule has 2 rings (SSSR count). The van der Waals surface area contributed by atoms with Crippen molar-refractivity contribution in [3.05, 3.63) is 59.2 Å². The number of benzene rings is 2. The van der Waals surface area contributed by atoms with Crippen molar-refractivity contribution in [1.29, 1.82) is 0 Å². The zero-order chi connectivity index (χ0) is 18.6. The van der Waals surface area contributed by atoms with Crippen molar-refractivity contribution in [2.75, 3.05) is 11.8 Å². The fourth-order valence-corrected chi connectivity index (χ4v) is 3.63. The highest BCUT2D eigenvalue weighted by Gasteiger charge is 2.20. The number of sulfonamides is 1. The van der Waals surface area contributed by atoms with Gasteiger partial charge in [-0.25, -0.2) is 13.2 Å². The predicted molar refractivity (Wildman–Crippen MR) is 93.2 cm³/mol. The number of carbonyl (C=O) groups is 2. The number of hydrogen-bond donors (Lipinski definition) is 3. The quantitative estimate of drug-likeness (QED) is 0.725. The van der Waals surface area contributed by atoms with E-state index in [9.17, 15) is 18.0 Å². The van der Waals surface area contributed by atoms with Crippen LogP contribution >= 0.6 is 0 Å². The smallest absolute Gasteiger partial charge is 0.335 e. The van der Waals surface area contributed by atoms with Gasteiger partial charge in [0.05, 0.1) is 22.6 Å². The summed E-state index contributed by atoms with van der Waals surface area (Å²) in [5.74, 6) is -1.47. The third-order valence-electron chi connectivity index (χ3n) is 3.62. The van der Waals surface area contributed by atoms with Crippen LogP contribution in [0.15, 0.2) is 47.4 Å². The number of hydrogen-bond acceptors (Lipinski definition) is 4. The fourth-order valence-electron chi connectivity index (χ4n) is 2.26. The lowest BCUT2D eigenvalue weighted by molar-refractivity contribution is -0.119. The zero-order valence-corrected chi connectivity index (χ0v) is 14.6. The second-order valence-corrected chi connectivity index (χ2v) is 7.05. The normalized spacial score (nSPS) is 11.0. The molecule has 0 aromatic heterocycles. The molecular formula is C17H18N2O5S. The molecule has 0 aliphatic carbocycles. The average molecular weight is 362 g/mol. The molecule has 2 aromatic carbocycles. The number of carboxylic acid groups (broad SMARTS) is 1. The maximum atomic E-state index is 12.7. The lowest BCUT2D eigenvalue weighted by Crippen LogP contribution is -2.22. The standard InChI is InChI=1S/C17H18N2O5S/c1-11-7-8-13(17(21)22)9-15(11)25(23,24)19-14-6-4-3-5-12(14)10-16(20)18-2/h3-9,19H,10H2,1-2H3,(H,18,20)(H,21,22). The Morgan fingerprint density at radius 2 is 1.80 bits per heavy atom. The first-order valence-electron chi connectivity index (χ1n) is 7.40. The highest BCUT2D eigenvalue weighted by molar-refractivity contribution is 7.92. The summed E-state index contributed by atoms with van der Waals surface area (Å²) < 4.78 is 27.8. The first kappa shape index (κ1) is 18.5.